The molecule has 0 atom stereocenters. The molecule has 4 aromatic rings. The maximum Gasteiger partial charge on any atom is 0.341 e. The van der Waals surface area contributed by atoms with Crippen molar-refractivity contribution in [1.29, 1.82) is 0 Å². The Bertz CT molecular complexity index is 1330. The third kappa shape index (κ3) is 5.97. The van der Waals surface area contributed by atoms with Crippen LogP contribution in [0.5, 0.6) is 17.2 Å². The number of fused-ring (bicyclic) bond motifs is 1. The van der Waals surface area contributed by atoms with Crippen LogP contribution in [0.15, 0.2) is 67.0 Å². The van der Waals surface area contributed by atoms with Crippen molar-refractivity contribution in [2.45, 2.75) is 13.3 Å². The first-order chi connectivity index (χ1) is 17.1. The summed E-state index contributed by atoms with van der Waals surface area (Å²) < 4.78 is 16.6. The van der Waals surface area contributed by atoms with Crippen LogP contribution in [-0.4, -0.2) is 47.9 Å². The fourth-order valence-electron chi connectivity index (χ4n) is 3.78. The highest BCUT2D eigenvalue weighted by molar-refractivity contribution is 5.85. The average Bonchev–Trinajstić information content (AvgIpc) is 2.87. The molecule has 8 heteroatoms. The van der Waals surface area contributed by atoms with Gasteiger partial charge in [0.2, 0.25) is 0 Å². The number of carbonyl (C=O) groups is 1. The minimum atomic E-state index is -1.05. The lowest BCUT2D eigenvalue weighted by molar-refractivity contribution is -0.139. The Labute approximate surface area is 203 Å². The van der Waals surface area contributed by atoms with Gasteiger partial charge in [-0.2, -0.15) is 0 Å². The second-order valence-corrected chi connectivity index (χ2v) is 7.75. The van der Waals surface area contributed by atoms with Crippen molar-refractivity contribution in [2.24, 2.45) is 0 Å². The van der Waals surface area contributed by atoms with Gasteiger partial charge < -0.3 is 24.6 Å². The predicted octanol–water partition coefficient (Wildman–Crippen LogP) is 4.82. The zero-order valence-corrected chi connectivity index (χ0v) is 19.7. The highest BCUT2D eigenvalue weighted by Crippen LogP contribution is 2.33. The molecule has 1 heterocycles. The summed E-state index contributed by atoms with van der Waals surface area (Å²) >= 11 is 0. The smallest absolute Gasteiger partial charge is 0.341 e. The number of benzene rings is 3. The zero-order valence-electron chi connectivity index (χ0n) is 19.7. The van der Waals surface area contributed by atoms with E-state index in [1.165, 1.54) is 11.7 Å². The Morgan fingerprint density at radius 1 is 0.943 bits per heavy atom. The quantitative estimate of drug-likeness (QED) is 0.320. The maximum atomic E-state index is 10.8. The Morgan fingerprint density at radius 2 is 1.74 bits per heavy atom. The molecule has 180 valence electrons. The summed E-state index contributed by atoms with van der Waals surface area (Å²) in [5.41, 5.74) is 2.63. The Balaban J connectivity index is 1.47. The second-order valence-electron chi connectivity index (χ2n) is 7.75. The zero-order chi connectivity index (χ0) is 24.6. The van der Waals surface area contributed by atoms with Crippen molar-refractivity contribution < 1.29 is 24.1 Å². The normalized spacial score (nSPS) is 10.7. The molecule has 0 spiro atoms. The first-order valence-electron chi connectivity index (χ1n) is 11.3. The molecule has 0 aliphatic rings. The first-order valence-corrected chi connectivity index (χ1v) is 11.3. The van der Waals surface area contributed by atoms with Crippen LogP contribution in [0.2, 0.25) is 0 Å². The molecule has 0 unspecified atom stereocenters. The monoisotopic (exact) mass is 473 g/mol. The average molecular weight is 474 g/mol. The molecule has 4 rings (SSSR count). The molecule has 0 aliphatic heterocycles. The number of hydrogen-bond donors (Lipinski definition) is 2. The molecule has 0 bridgehead atoms. The molecule has 8 nitrogen and oxygen atoms in total. The molecule has 1 aromatic heterocycles. The van der Waals surface area contributed by atoms with Crippen molar-refractivity contribution in [3.8, 4) is 28.5 Å². The number of carboxylic acids is 1. The molecule has 0 aliphatic carbocycles. The summed E-state index contributed by atoms with van der Waals surface area (Å²) in [4.78, 5) is 19.6. The van der Waals surface area contributed by atoms with Crippen LogP contribution in [0.1, 0.15) is 12.5 Å². The number of ether oxygens (including phenoxy) is 3. The van der Waals surface area contributed by atoms with Crippen LogP contribution in [0.4, 0.5) is 5.82 Å². The van der Waals surface area contributed by atoms with Gasteiger partial charge in [-0.25, -0.2) is 14.8 Å². The van der Waals surface area contributed by atoms with Gasteiger partial charge in [0, 0.05) is 18.2 Å². The number of methoxy groups -OCH3 is 1. The van der Waals surface area contributed by atoms with E-state index < -0.39 is 12.6 Å². The third-order valence-electron chi connectivity index (χ3n) is 5.41. The van der Waals surface area contributed by atoms with E-state index >= 15 is 0 Å². The summed E-state index contributed by atoms with van der Waals surface area (Å²) in [6.45, 7) is 2.49. The van der Waals surface area contributed by atoms with E-state index in [4.69, 9.17) is 19.3 Å². The van der Waals surface area contributed by atoms with Gasteiger partial charge in [0.1, 0.15) is 17.9 Å². The van der Waals surface area contributed by atoms with Crippen molar-refractivity contribution in [3.63, 3.8) is 0 Å². The van der Waals surface area contributed by atoms with Gasteiger partial charge in [-0.1, -0.05) is 24.3 Å². The van der Waals surface area contributed by atoms with Crippen LogP contribution in [-0.2, 0) is 11.2 Å². The molecule has 0 amide bonds. The molecule has 0 fully saturated rings. The van der Waals surface area contributed by atoms with Gasteiger partial charge >= 0.3 is 5.97 Å². The van der Waals surface area contributed by atoms with E-state index in [2.05, 4.69) is 39.6 Å². The fourth-order valence-corrected chi connectivity index (χ4v) is 3.78. The summed E-state index contributed by atoms with van der Waals surface area (Å²) in [5, 5.41) is 14.6. The lowest BCUT2D eigenvalue weighted by Crippen LogP contribution is -2.10. The maximum absolute atomic E-state index is 10.8. The SMILES string of the molecule is CCOc1cc(-c2cc(NCCc3cc4ccccc4cc3OC)ncn2)ccc1OCC(=O)O. The topological polar surface area (TPSA) is 103 Å². The van der Waals surface area contributed by atoms with Crippen molar-refractivity contribution in [2.75, 3.05) is 32.2 Å². The predicted molar refractivity (Wildman–Crippen MR) is 134 cm³/mol. The van der Waals surface area contributed by atoms with Crippen molar-refractivity contribution in [1.82, 2.24) is 9.97 Å². The second kappa shape index (κ2) is 11.2. The van der Waals surface area contributed by atoms with Gasteiger partial charge in [0.05, 0.1) is 19.4 Å². The van der Waals surface area contributed by atoms with Crippen molar-refractivity contribution in [3.05, 3.63) is 72.6 Å². The van der Waals surface area contributed by atoms with Crippen LogP contribution in [0, 0.1) is 0 Å². The van der Waals surface area contributed by atoms with E-state index in [-0.39, 0.29) is 0 Å². The minimum absolute atomic E-state index is 0.370. The highest BCUT2D eigenvalue weighted by Gasteiger charge is 2.11. The van der Waals surface area contributed by atoms with Gasteiger partial charge in [-0.05, 0) is 60.0 Å². The number of carboxylic acid groups (broad SMARTS) is 1. The van der Waals surface area contributed by atoms with Gasteiger partial charge in [0.25, 0.3) is 0 Å². The van der Waals surface area contributed by atoms with E-state index in [1.807, 2.05) is 31.2 Å². The first kappa shape index (κ1) is 23.8. The molecule has 0 saturated heterocycles. The Kier molecular flexibility index (Phi) is 7.62. The Morgan fingerprint density at radius 3 is 2.49 bits per heavy atom. The standard InChI is InChI=1S/C27H27N3O5/c1-3-34-25-14-20(8-9-23(25)35-16-27(31)32)22-15-26(30-17-29-22)28-11-10-21-12-18-6-4-5-7-19(18)13-24(21)33-2/h4-9,12-15,17H,3,10-11,16H2,1-2H3,(H,31,32)(H,28,29,30). The molecule has 0 saturated carbocycles. The van der Waals surface area contributed by atoms with Crippen molar-refractivity contribution >= 4 is 22.6 Å². The van der Waals surface area contributed by atoms with E-state index in [9.17, 15) is 4.79 Å². The third-order valence-corrected chi connectivity index (χ3v) is 5.41. The molecular formula is C27H27N3O5. The number of aliphatic carboxylic acids is 1. The number of nitrogens with one attached hydrogen (secondary N) is 1. The van der Waals surface area contributed by atoms with Gasteiger partial charge in [-0.3, -0.25) is 0 Å². The largest absolute Gasteiger partial charge is 0.496 e. The molecule has 3 aromatic carbocycles. The lowest BCUT2D eigenvalue weighted by Gasteiger charge is -2.13. The van der Waals surface area contributed by atoms with Gasteiger partial charge in [0.15, 0.2) is 18.1 Å². The summed E-state index contributed by atoms with van der Waals surface area (Å²) in [7, 11) is 1.69. The fraction of sp³-hybridized carbons (Fsp3) is 0.222. The van der Waals surface area contributed by atoms with E-state index in [0.29, 0.717) is 36.2 Å². The number of rotatable bonds is 11. The van der Waals surface area contributed by atoms with Crippen LogP contribution in [0.3, 0.4) is 0 Å². The summed E-state index contributed by atoms with van der Waals surface area (Å²) in [6.07, 6.45) is 2.26. The summed E-state index contributed by atoms with van der Waals surface area (Å²) in [5.74, 6) is 1.34. The minimum Gasteiger partial charge on any atom is -0.496 e. The number of hydrogen-bond acceptors (Lipinski definition) is 7. The number of aromatic nitrogens is 2. The van der Waals surface area contributed by atoms with Crippen LogP contribution < -0.4 is 19.5 Å². The molecule has 35 heavy (non-hydrogen) atoms. The number of anilines is 1. The molecule has 2 N–H and O–H groups in total. The molecular weight excluding hydrogens is 446 g/mol. The van der Waals surface area contributed by atoms with Crippen LogP contribution in [0.25, 0.3) is 22.0 Å². The van der Waals surface area contributed by atoms with E-state index in [0.717, 1.165) is 28.7 Å². The lowest BCUT2D eigenvalue weighted by atomic mass is 10.0. The molecule has 0 radical (unpaired) electrons. The summed E-state index contributed by atoms with van der Waals surface area (Å²) in [6, 6.07) is 19.6. The highest BCUT2D eigenvalue weighted by atomic mass is 16.5. The Hall–Kier alpha value is -4.33. The number of nitrogens with zero attached hydrogens (tertiary/aromatic N) is 2. The van der Waals surface area contributed by atoms with E-state index in [1.54, 1.807) is 19.2 Å². The van der Waals surface area contributed by atoms with Crippen LogP contribution >= 0.6 is 0 Å². The van der Waals surface area contributed by atoms with Gasteiger partial charge in [-0.15, -0.1) is 0 Å².